The third-order valence-electron chi connectivity index (χ3n) is 3.19. The lowest BCUT2D eigenvalue weighted by Gasteiger charge is -2.14. The van der Waals surface area contributed by atoms with Gasteiger partial charge in [0.25, 0.3) is 5.91 Å². The number of hydrogen-bond donors (Lipinski definition) is 1. The fourth-order valence-electron chi connectivity index (χ4n) is 2.01. The molecule has 0 radical (unpaired) electrons. The number of carbonyl (C=O) groups is 1. The summed E-state index contributed by atoms with van der Waals surface area (Å²) in [4.78, 5) is 12.0. The minimum atomic E-state index is -0.0535. The zero-order valence-corrected chi connectivity index (χ0v) is 12.2. The lowest BCUT2D eigenvalue weighted by Crippen LogP contribution is -2.32. The molecule has 1 amide bonds. The van der Waals surface area contributed by atoms with E-state index in [2.05, 4.69) is 17.4 Å². The number of rotatable bonds is 5. The van der Waals surface area contributed by atoms with E-state index in [0.717, 1.165) is 12.8 Å². The summed E-state index contributed by atoms with van der Waals surface area (Å²) in [5, 5.41) is 3.64. The van der Waals surface area contributed by atoms with Crippen LogP contribution < -0.4 is 5.32 Å². The van der Waals surface area contributed by atoms with Crippen molar-refractivity contribution in [2.24, 2.45) is 0 Å². The number of amides is 1. The van der Waals surface area contributed by atoms with Crippen molar-refractivity contribution in [1.29, 1.82) is 0 Å². The molecule has 1 N–H and O–H groups in total. The third-order valence-corrected chi connectivity index (χ3v) is 3.44. The molecule has 2 rings (SSSR count). The van der Waals surface area contributed by atoms with Gasteiger partial charge in [0.15, 0.2) is 0 Å². The van der Waals surface area contributed by atoms with Gasteiger partial charge < -0.3 is 5.32 Å². The van der Waals surface area contributed by atoms with Crippen LogP contribution in [0, 0.1) is 0 Å². The van der Waals surface area contributed by atoms with Crippen LogP contribution in [0.25, 0.3) is 0 Å². The first kappa shape index (κ1) is 14.6. The largest absolute Gasteiger partial charge is 0.350 e. The Morgan fingerprint density at radius 3 is 2.40 bits per heavy atom. The van der Waals surface area contributed by atoms with E-state index in [1.807, 2.05) is 25.1 Å². The molecule has 2 aromatic carbocycles. The van der Waals surface area contributed by atoms with Crippen molar-refractivity contribution in [3.8, 4) is 0 Å². The highest BCUT2D eigenvalue weighted by Gasteiger charge is 2.09. The maximum atomic E-state index is 12.0. The summed E-state index contributed by atoms with van der Waals surface area (Å²) in [6, 6.07) is 17.4. The second-order valence-corrected chi connectivity index (χ2v) is 5.34. The minimum Gasteiger partial charge on any atom is -0.350 e. The Kier molecular flexibility index (Phi) is 5.19. The van der Waals surface area contributed by atoms with Crippen molar-refractivity contribution in [1.82, 2.24) is 5.32 Å². The van der Waals surface area contributed by atoms with Crippen molar-refractivity contribution in [2.75, 3.05) is 0 Å². The van der Waals surface area contributed by atoms with Crippen LogP contribution in [0.1, 0.15) is 29.3 Å². The topological polar surface area (TPSA) is 29.1 Å². The van der Waals surface area contributed by atoms with E-state index in [1.165, 1.54) is 5.56 Å². The van der Waals surface area contributed by atoms with E-state index in [1.54, 1.807) is 24.3 Å². The maximum absolute atomic E-state index is 12.0. The average Bonchev–Trinajstić information content (AvgIpc) is 2.47. The molecule has 0 aromatic heterocycles. The molecule has 104 valence electrons. The van der Waals surface area contributed by atoms with Gasteiger partial charge in [-0.2, -0.15) is 0 Å². The van der Waals surface area contributed by atoms with Crippen LogP contribution in [0.15, 0.2) is 54.6 Å². The van der Waals surface area contributed by atoms with Crippen LogP contribution in [-0.2, 0) is 6.42 Å². The fraction of sp³-hybridized carbons (Fsp3) is 0.235. The summed E-state index contributed by atoms with van der Waals surface area (Å²) >= 11 is 5.81. The number of carbonyl (C=O) groups excluding carboxylic acids is 1. The van der Waals surface area contributed by atoms with Gasteiger partial charge in [0, 0.05) is 16.6 Å². The van der Waals surface area contributed by atoms with Crippen LogP contribution in [0.2, 0.25) is 5.02 Å². The normalized spacial score (nSPS) is 11.9. The Balaban J connectivity index is 1.83. The quantitative estimate of drug-likeness (QED) is 0.882. The molecule has 0 saturated carbocycles. The van der Waals surface area contributed by atoms with E-state index in [0.29, 0.717) is 10.6 Å². The average molecular weight is 288 g/mol. The number of hydrogen-bond acceptors (Lipinski definition) is 1. The van der Waals surface area contributed by atoms with E-state index in [4.69, 9.17) is 11.6 Å². The molecule has 0 fully saturated rings. The van der Waals surface area contributed by atoms with Gasteiger partial charge in [0.1, 0.15) is 0 Å². The molecule has 1 atom stereocenters. The molecule has 0 saturated heterocycles. The number of nitrogens with one attached hydrogen (secondary N) is 1. The smallest absolute Gasteiger partial charge is 0.251 e. The van der Waals surface area contributed by atoms with Gasteiger partial charge >= 0.3 is 0 Å². The molecule has 3 heteroatoms. The van der Waals surface area contributed by atoms with E-state index >= 15 is 0 Å². The Hall–Kier alpha value is -1.80. The Morgan fingerprint density at radius 1 is 1.10 bits per heavy atom. The summed E-state index contributed by atoms with van der Waals surface area (Å²) in [5.41, 5.74) is 1.93. The molecule has 0 heterocycles. The molecular weight excluding hydrogens is 270 g/mol. The monoisotopic (exact) mass is 287 g/mol. The highest BCUT2D eigenvalue weighted by molar-refractivity contribution is 6.30. The number of aryl methyl sites for hydroxylation is 1. The molecule has 0 unspecified atom stereocenters. The molecule has 0 aliphatic rings. The van der Waals surface area contributed by atoms with Crippen molar-refractivity contribution in [2.45, 2.75) is 25.8 Å². The van der Waals surface area contributed by atoms with Crippen LogP contribution in [-0.4, -0.2) is 11.9 Å². The number of halogens is 1. The predicted octanol–water partition coefficient (Wildman–Crippen LogP) is 4.09. The molecule has 0 spiro atoms. The van der Waals surface area contributed by atoms with Gasteiger partial charge in [0.2, 0.25) is 0 Å². The molecule has 0 aliphatic heterocycles. The highest BCUT2D eigenvalue weighted by atomic mass is 35.5. The molecule has 2 aromatic rings. The first-order valence-electron chi connectivity index (χ1n) is 6.75. The van der Waals surface area contributed by atoms with Crippen LogP contribution in [0.4, 0.5) is 0 Å². The second-order valence-electron chi connectivity index (χ2n) is 4.91. The van der Waals surface area contributed by atoms with Crippen LogP contribution in [0.3, 0.4) is 0 Å². The lowest BCUT2D eigenvalue weighted by atomic mass is 10.1. The van der Waals surface area contributed by atoms with Gasteiger partial charge in [-0.3, -0.25) is 4.79 Å². The fourth-order valence-corrected chi connectivity index (χ4v) is 2.13. The Morgan fingerprint density at radius 2 is 1.75 bits per heavy atom. The summed E-state index contributed by atoms with van der Waals surface area (Å²) in [5.74, 6) is -0.0535. The van der Waals surface area contributed by atoms with Crippen molar-refractivity contribution in [3.63, 3.8) is 0 Å². The third kappa shape index (κ3) is 4.39. The molecule has 20 heavy (non-hydrogen) atoms. The first-order chi connectivity index (χ1) is 9.65. The van der Waals surface area contributed by atoms with Crippen molar-refractivity contribution < 1.29 is 4.79 Å². The molecule has 0 aliphatic carbocycles. The summed E-state index contributed by atoms with van der Waals surface area (Å²) in [6.45, 7) is 2.02. The van der Waals surface area contributed by atoms with Gasteiger partial charge in [-0.15, -0.1) is 0 Å². The highest BCUT2D eigenvalue weighted by Crippen LogP contribution is 2.10. The van der Waals surface area contributed by atoms with Crippen LogP contribution in [0.5, 0.6) is 0 Å². The summed E-state index contributed by atoms with van der Waals surface area (Å²) in [7, 11) is 0. The summed E-state index contributed by atoms with van der Waals surface area (Å²) in [6.07, 6.45) is 1.88. The van der Waals surface area contributed by atoms with Gasteiger partial charge in [-0.1, -0.05) is 41.9 Å². The minimum absolute atomic E-state index is 0.0535. The molecule has 2 nitrogen and oxygen atoms in total. The Labute approximate surface area is 124 Å². The van der Waals surface area contributed by atoms with Crippen molar-refractivity contribution >= 4 is 17.5 Å². The Bertz CT molecular complexity index is 551. The first-order valence-corrected chi connectivity index (χ1v) is 7.13. The second kappa shape index (κ2) is 7.11. The SMILES string of the molecule is C[C@H](CCc1ccccc1)NC(=O)c1ccc(Cl)cc1. The van der Waals surface area contributed by atoms with Gasteiger partial charge in [-0.25, -0.2) is 0 Å². The maximum Gasteiger partial charge on any atom is 0.251 e. The van der Waals surface area contributed by atoms with E-state index < -0.39 is 0 Å². The summed E-state index contributed by atoms with van der Waals surface area (Å²) < 4.78 is 0. The predicted molar refractivity (Wildman–Crippen MR) is 83.1 cm³/mol. The van der Waals surface area contributed by atoms with Crippen molar-refractivity contribution in [3.05, 3.63) is 70.7 Å². The standard InChI is InChI=1S/C17H18ClNO/c1-13(7-8-14-5-3-2-4-6-14)19-17(20)15-9-11-16(18)12-10-15/h2-6,9-13H,7-8H2,1H3,(H,19,20)/t13-/m1/s1. The van der Waals surface area contributed by atoms with Crippen LogP contribution >= 0.6 is 11.6 Å². The number of benzene rings is 2. The zero-order valence-electron chi connectivity index (χ0n) is 11.5. The molecular formula is C17H18ClNO. The van der Waals surface area contributed by atoms with E-state index in [-0.39, 0.29) is 11.9 Å². The van der Waals surface area contributed by atoms with Gasteiger partial charge in [0.05, 0.1) is 0 Å². The molecule has 0 bridgehead atoms. The lowest BCUT2D eigenvalue weighted by molar-refractivity contribution is 0.0938. The zero-order chi connectivity index (χ0) is 14.4. The van der Waals surface area contributed by atoms with Gasteiger partial charge in [-0.05, 0) is 49.6 Å². The van der Waals surface area contributed by atoms with E-state index in [9.17, 15) is 4.79 Å².